The lowest BCUT2D eigenvalue weighted by Gasteiger charge is -2.11. The Morgan fingerprint density at radius 3 is 2.95 bits per heavy atom. The molecule has 2 heterocycles. The number of nitrogens with zero attached hydrogens (tertiary/aromatic N) is 2. The molecule has 2 aromatic rings. The molecule has 0 spiro atoms. The van der Waals surface area contributed by atoms with E-state index in [2.05, 4.69) is 35.4 Å². The molecule has 4 heteroatoms. The van der Waals surface area contributed by atoms with Crippen molar-refractivity contribution in [3.8, 4) is 6.07 Å². The number of pyridine rings is 1. The van der Waals surface area contributed by atoms with Gasteiger partial charge in [-0.3, -0.25) is 0 Å². The Morgan fingerprint density at radius 1 is 1.32 bits per heavy atom. The Hall–Kier alpha value is -1.99. The number of fused-ring (bicyclic) bond motifs is 1. The first kappa shape index (κ1) is 12.1. The van der Waals surface area contributed by atoms with Crippen LogP contribution in [-0.4, -0.2) is 4.98 Å². The first-order valence-corrected chi connectivity index (χ1v) is 7.25. The van der Waals surface area contributed by atoms with Gasteiger partial charge in [0.25, 0.3) is 0 Å². The topological polar surface area (TPSA) is 48.7 Å². The van der Waals surface area contributed by atoms with Gasteiger partial charge in [0.2, 0.25) is 0 Å². The van der Waals surface area contributed by atoms with Crippen molar-refractivity contribution in [2.24, 2.45) is 0 Å². The molecule has 3 rings (SSSR count). The highest BCUT2D eigenvalue weighted by atomic mass is 32.2. The molecule has 1 aliphatic rings. The van der Waals surface area contributed by atoms with Gasteiger partial charge in [-0.05, 0) is 30.2 Å². The summed E-state index contributed by atoms with van der Waals surface area (Å²) in [6, 6.07) is 10.4. The zero-order chi connectivity index (χ0) is 13.2. The summed E-state index contributed by atoms with van der Waals surface area (Å²) in [7, 11) is 0. The third-order valence-electron chi connectivity index (χ3n) is 3.19. The van der Waals surface area contributed by atoms with Crippen LogP contribution >= 0.6 is 11.8 Å². The van der Waals surface area contributed by atoms with Gasteiger partial charge in [0.15, 0.2) is 0 Å². The van der Waals surface area contributed by atoms with Gasteiger partial charge in [0.1, 0.15) is 11.9 Å². The van der Waals surface area contributed by atoms with E-state index in [9.17, 15) is 0 Å². The number of rotatable bonds is 2. The third-order valence-corrected chi connectivity index (χ3v) is 4.18. The van der Waals surface area contributed by atoms with Crippen LogP contribution in [-0.2, 0) is 11.5 Å². The number of aryl methyl sites for hydroxylation is 1. The normalized spacial score (nSPS) is 12.8. The van der Waals surface area contributed by atoms with Crippen molar-refractivity contribution in [3.63, 3.8) is 0 Å². The summed E-state index contributed by atoms with van der Waals surface area (Å²) >= 11 is 1.83. The maximum Gasteiger partial charge on any atom is 0.134 e. The molecule has 0 radical (unpaired) electrons. The predicted molar refractivity (Wildman–Crippen MR) is 78.4 cm³/mol. The van der Waals surface area contributed by atoms with Gasteiger partial charge in [-0.25, -0.2) is 4.98 Å². The summed E-state index contributed by atoms with van der Waals surface area (Å²) in [5, 5.41) is 12.5. The molecule has 3 nitrogen and oxygen atoms in total. The van der Waals surface area contributed by atoms with Crippen molar-refractivity contribution in [1.29, 1.82) is 5.26 Å². The van der Waals surface area contributed by atoms with Crippen LogP contribution in [0.25, 0.3) is 0 Å². The van der Waals surface area contributed by atoms with Crippen LogP contribution in [0.4, 0.5) is 11.5 Å². The highest BCUT2D eigenvalue weighted by Gasteiger charge is 2.20. The minimum absolute atomic E-state index is 0.704. The van der Waals surface area contributed by atoms with Gasteiger partial charge in [0, 0.05) is 29.0 Å². The van der Waals surface area contributed by atoms with Crippen molar-refractivity contribution in [1.82, 2.24) is 4.98 Å². The highest BCUT2D eigenvalue weighted by Crippen LogP contribution is 2.36. The Kier molecular flexibility index (Phi) is 3.14. The molecule has 94 valence electrons. The van der Waals surface area contributed by atoms with E-state index < -0.39 is 0 Å². The first-order chi connectivity index (χ1) is 9.28. The van der Waals surface area contributed by atoms with E-state index in [0.29, 0.717) is 5.56 Å². The lowest BCUT2D eigenvalue weighted by atomic mass is 10.1. The van der Waals surface area contributed by atoms with Gasteiger partial charge < -0.3 is 5.32 Å². The maximum atomic E-state index is 9.10. The fourth-order valence-electron chi connectivity index (χ4n) is 2.23. The van der Waals surface area contributed by atoms with Crippen molar-refractivity contribution in [2.45, 2.75) is 18.4 Å². The second-order valence-corrected chi connectivity index (χ2v) is 5.56. The quantitative estimate of drug-likeness (QED) is 0.900. The number of nitriles is 1. The summed E-state index contributed by atoms with van der Waals surface area (Å²) in [5.74, 6) is 2.71. The predicted octanol–water partition coefficient (Wildman–Crippen LogP) is 3.75. The van der Waals surface area contributed by atoms with Crippen LogP contribution in [0.5, 0.6) is 0 Å². The maximum absolute atomic E-state index is 9.10. The Labute approximate surface area is 116 Å². The number of anilines is 2. The molecule has 0 amide bonds. The standard InChI is InChI=1S/C15H13N3S/c1-10-3-2-4-12(5-10)18-15-14-9-19-8-13(14)11(6-16)7-17-15/h2-5,7H,8-9H2,1H3,(H,17,18). The largest absolute Gasteiger partial charge is 0.340 e. The molecule has 0 saturated heterocycles. The fourth-order valence-corrected chi connectivity index (χ4v) is 3.38. The van der Waals surface area contributed by atoms with E-state index in [1.54, 1.807) is 6.20 Å². The fraction of sp³-hybridized carbons (Fsp3) is 0.200. The Balaban J connectivity index is 1.99. The molecular formula is C15H13N3S. The Morgan fingerprint density at radius 2 is 2.16 bits per heavy atom. The molecule has 0 atom stereocenters. The number of aromatic nitrogens is 1. The lowest BCUT2D eigenvalue weighted by molar-refractivity contribution is 1.19. The molecule has 1 N–H and O–H groups in total. The third kappa shape index (κ3) is 2.29. The van der Waals surface area contributed by atoms with Gasteiger partial charge >= 0.3 is 0 Å². The number of nitrogens with one attached hydrogen (secondary N) is 1. The summed E-state index contributed by atoms with van der Waals surface area (Å²) in [5.41, 5.74) is 5.26. The van der Waals surface area contributed by atoms with E-state index in [1.165, 1.54) is 11.1 Å². The SMILES string of the molecule is Cc1cccc(Nc2ncc(C#N)c3c2CSC3)c1. The lowest BCUT2D eigenvalue weighted by Crippen LogP contribution is -2.01. The van der Waals surface area contributed by atoms with Gasteiger partial charge in [-0.1, -0.05) is 12.1 Å². The molecule has 1 aliphatic heterocycles. The monoisotopic (exact) mass is 267 g/mol. The summed E-state index contributed by atoms with van der Waals surface area (Å²) in [4.78, 5) is 4.40. The van der Waals surface area contributed by atoms with Gasteiger partial charge in [-0.2, -0.15) is 17.0 Å². The van der Waals surface area contributed by atoms with Crippen molar-refractivity contribution in [3.05, 3.63) is 52.7 Å². The number of hydrogen-bond acceptors (Lipinski definition) is 4. The van der Waals surface area contributed by atoms with Gasteiger partial charge in [0.05, 0.1) is 5.56 Å². The minimum atomic E-state index is 0.704. The van der Waals surface area contributed by atoms with Crippen LogP contribution in [0, 0.1) is 18.3 Å². The minimum Gasteiger partial charge on any atom is -0.340 e. The molecular weight excluding hydrogens is 254 g/mol. The van der Waals surface area contributed by atoms with E-state index in [-0.39, 0.29) is 0 Å². The molecule has 19 heavy (non-hydrogen) atoms. The summed E-state index contributed by atoms with van der Waals surface area (Å²) in [6.45, 7) is 2.07. The van der Waals surface area contributed by atoms with Crippen molar-refractivity contribution in [2.75, 3.05) is 5.32 Å². The number of benzene rings is 1. The average Bonchev–Trinajstić information content (AvgIpc) is 2.89. The summed E-state index contributed by atoms with van der Waals surface area (Å²) < 4.78 is 0. The average molecular weight is 267 g/mol. The zero-order valence-electron chi connectivity index (χ0n) is 10.6. The van der Waals surface area contributed by atoms with Crippen molar-refractivity contribution >= 4 is 23.3 Å². The van der Waals surface area contributed by atoms with E-state index in [1.807, 2.05) is 23.9 Å². The number of thioether (sulfide) groups is 1. The highest BCUT2D eigenvalue weighted by molar-refractivity contribution is 7.98. The first-order valence-electron chi connectivity index (χ1n) is 6.10. The molecule has 0 unspecified atom stereocenters. The molecule has 0 bridgehead atoms. The van der Waals surface area contributed by atoms with Crippen molar-refractivity contribution < 1.29 is 0 Å². The van der Waals surface area contributed by atoms with Crippen LogP contribution in [0.2, 0.25) is 0 Å². The Bertz CT molecular complexity index is 674. The van der Waals surface area contributed by atoms with Crippen LogP contribution in [0.3, 0.4) is 0 Å². The van der Waals surface area contributed by atoms with Crippen LogP contribution in [0.15, 0.2) is 30.5 Å². The van der Waals surface area contributed by atoms with E-state index in [4.69, 9.17) is 5.26 Å². The second-order valence-electron chi connectivity index (χ2n) is 4.58. The molecule has 0 saturated carbocycles. The zero-order valence-corrected chi connectivity index (χ0v) is 11.4. The number of hydrogen-bond donors (Lipinski definition) is 1. The van der Waals surface area contributed by atoms with E-state index in [0.717, 1.165) is 28.6 Å². The summed E-state index contributed by atoms with van der Waals surface area (Å²) in [6.07, 6.45) is 1.67. The van der Waals surface area contributed by atoms with Crippen LogP contribution < -0.4 is 5.32 Å². The van der Waals surface area contributed by atoms with Crippen LogP contribution in [0.1, 0.15) is 22.3 Å². The smallest absolute Gasteiger partial charge is 0.134 e. The molecule has 0 fully saturated rings. The molecule has 1 aromatic carbocycles. The van der Waals surface area contributed by atoms with Gasteiger partial charge in [-0.15, -0.1) is 0 Å². The molecule has 1 aromatic heterocycles. The van der Waals surface area contributed by atoms with E-state index >= 15 is 0 Å². The second kappa shape index (κ2) is 4.94. The molecule has 0 aliphatic carbocycles.